The van der Waals surface area contributed by atoms with Gasteiger partial charge in [0, 0.05) is 11.1 Å². The molecule has 0 radical (unpaired) electrons. The van der Waals surface area contributed by atoms with Crippen LogP contribution < -0.4 is 10.1 Å². The van der Waals surface area contributed by atoms with Crippen molar-refractivity contribution in [3.8, 4) is 5.75 Å². The van der Waals surface area contributed by atoms with Crippen LogP contribution in [0.15, 0.2) is 29.6 Å². The van der Waals surface area contributed by atoms with Crippen LogP contribution in [0, 0.1) is 13.8 Å². The standard InChI is InChI=1S/C18H21N3O3S2/c1-12-4-3-5-15(6-12)24-8-17(22)21-11-25-10-16(21)18(23)19-7-14-9-26-13(2)20-14/h3-6,9,16H,7-8,10-11H2,1-2H3,(H,19,23)/t16-/m1/s1. The van der Waals surface area contributed by atoms with Crippen molar-refractivity contribution >= 4 is 34.9 Å². The van der Waals surface area contributed by atoms with Gasteiger partial charge in [-0.3, -0.25) is 9.59 Å². The fourth-order valence-electron chi connectivity index (χ4n) is 2.62. The largest absolute Gasteiger partial charge is 0.484 e. The van der Waals surface area contributed by atoms with E-state index in [-0.39, 0.29) is 18.4 Å². The monoisotopic (exact) mass is 391 g/mol. The zero-order chi connectivity index (χ0) is 18.5. The number of hydrogen-bond acceptors (Lipinski definition) is 6. The Morgan fingerprint density at radius 2 is 2.23 bits per heavy atom. The molecular formula is C18H21N3O3S2. The normalized spacial score (nSPS) is 16.5. The topological polar surface area (TPSA) is 71.5 Å². The number of carbonyl (C=O) groups is 2. The number of benzene rings is 1. The summed E-state index contributed by atoms with van der Waals surface area (Å²) < 4.78 is 5.58. The number of aryl methyl sites for hydroxylation is 2. The van der Waals surface area contributed by atoms with Crippen molar-refractivity contribution in [1.29, 1.82) is 0 Å². The Hall–Kier alpha value is -2.06. The van der Waals surface area contributed by atoms with Gasteiger partial charge in [-0.05, 0) is 31.5 Å². The molecule has 0 spiro atoms. The first-order chi connectivity index (χ1) is 12.5. The molecule has 2 heterocycles. The number of hydrogen-bond donors (Lipinski definition) is 1. The van der Waals surface area contributed by atoms with Gasteiger partial charge >= 0.3 is 0 Å². The number of thiazole rings is 1. The molecule has 1 atom stereocenters. The highest BCUT2D eigenvalue weighted by atomic mass is 32.2. The van der Waals surface area contributed by atoms with Gasteiger partial charge < -0.3 is 15.0 Å². The van der Waals surface area contributed by atoms with Crippen molar-refractivity contribution < 1.29 is 14.3 Å². The van der Waals surface area contributed by atoms with Crippen LogP contribution in [-0.4, -0.2) is 46.0 Å². The second kappa shape index (κ2) is 8.55. The molecule has 1 fully saturated rings. The molecule has 1 aliphatic heterocycles. The second-order valence-electron chi connectivity index (χ2n) is 6.06. The van der Waals surface area contributed by atoms with Gasteiger partial charge in [0.2, 0.25) is 5.91 Å². The van der Waals surface area contributed by atoms with Crippen LogP contribution in [0.1, 0.15) is 16.3 Å². The van der Waals surface area contributed by atoms with Gasteiger partial charge in [0.15, 0.2) is 6.61 Å². The molecule has 1 aliphatic rings. The number of nitrogens with zero attached hydrogens (tertiary/aromatic N) is 2. The average molecular weight is 392 g/mol. The Kier molecular flexibility index (Phi) is 6.16. The summed E-state index contributed by atoms with van der Waals surface area (Å²) in [7, 11) is 0. The zero-order valence-corrected chi connectivity index (χ0v) is 16.4. The highest BCUT2D eigenvalue weighted by Crippen LogP contribution is 2.22. The van der Waals surface area contributed by atoms with Crippen LogP contribution in [0.25, 0.3) is 0 Å². The highest BCUT2D eigenvalue weighted by molar-refractivity contribution is 7.99. The molecule has 6 nitrogen and oxygen atoms in total. The van der Waals surface area contributed by atoms with E-state index in [9.17, 15) is 9.59 Å². The summed E-state index contributed by atoms with van der Waals surface area (Å²) in [5.74, 6) is 1.43. The van der Waals surface area contributed by atoms with Gasteiger partial charge in [-0.25, -0.2) is 4.98 Å². The quantitative estimate of drug-likeness (QED) is 0.818. The van der Waals surface area contributed by atoms with Crippen molar-refractivity contribution in [2.24, 2.45) is 0 Å². The molecule has 1 aromatic heterocycles. The predicted molar refractivity (Wildman–Crippen MR) is 103 cm³/mol. The minimum Gasteiger partial charge on any atom is -0.484 e. The lowest BCUT2D eigenvalue weighted by Gasteiger charge is -2.23. The number of thioether (sulfide) groups is 1. The lowest BCUT2D eigenvalue weighted by molar-refractivity contribution is -0.139. The van der Waals surface area contributed by atoms with E-state index < -0.39 is 6.04 Å². The molecule has 8 heteroatoms. The van der Waals surface area contributed by atoms with Gasteiger partial charge in [-0.15, -0.1) is 23.1 Å². The zero-order valence-electron chi connectivity index (χ0n) is 14.7. The van der Waals surface area contributed by atoms with Gasteiger partial charge in [-0.1, -0.05) is 12.1 Å². The van der Waals surface area contributed by atoms with Crippen LogP contribution in [0.2, 0.25) is 0 Å². The molecule has 1 N–H and O–H groups in total. The van der Waals surface area contributed by atoms with E-state index in [2.05, 4.69) is 10.3 Å². The first-order valence-electron chi connectivity index (χ1n) is 8.28. The smallest absolute Gasteiger partial charge is 0.261 e. The second-order valence-corrected chi connectivity index (χ2v) is 8.12. The number of rotatable bonds is 6. The first-order valence-corrected chi connectivity index (χ1v) is 10.3. The molecule has 1 aromatic carbocycles. The third-order valence-corrected chi connectivity index (χ3v) is 5.80. The maximum Gasteiger partial charge on any atom is 0.261 e. The molecule has 1 saturated heterocycles. The number of aromatic nitrogens is 1. The Morgan fingerprint density at radius 1 is 1.38 bits per heavy atom. The van der Waals surface area contributed by atoms with E-state index in [1.807, 2.05) is 43.5 Å². The molecule has 0 unspecified atom stereocenters. The lowest BCUT2D eigenvalue weighted by Crippen LogP contribution is -2.48. The molecule has 0 aliphatic carbocycles. The van der Waals surface area contributed by atoms with Crippen molar-refractivity contribution in [1.82, 2.24) is 15.2 Å². The Morgan fingerprint density at radius 3 is 2.96 bits per heavy atom. The van der Waals surface area contributed by atoms with Gasteiger partial charge in [0.25, 0.3) is 5.91 Å². The van der Waals surface area contributed by atoms with Gasteiger partial charge in [0.05, 0.1) is 23.1 Å². The van der Waals surface area contributed by atoms with Gasteiger partial charge in [0.1, 0.15) is 11.8 Å². The molecule has 2 aromatic rings. The minimum atomic E-state index is -0.464. The van der Waals surface area contributed by atoms with Crippen molar-refractivity contribution in [2.45, 2.75) is 26.4 Å². The fourth-order valence-corrected chi connectivity index (χ4v) is 4.42. The van der Waals surface area contributed by atoms with E-state index >= 15 is 0 Å². The molecule has 138 valence electrons. The molecule has 0 bridgehead atoms. The van der Waals surface area contributed by atoms with Crippen LogP contribution in [0.3, 0.4) is 0 Å². The molecular weight excluding hydrogens is 370 g/mol. The Bertz CT molecular complexity index is 793. The Labute approximate surface area is 160 Å². The number of nitrogens with one attached hydrogen (secondary N) is 1. The van der Waals surface area contributed by atoms with Crippen LogP contribution >= 0.6 is 23.1 Å². The number of amides is 2. The third-order valence-electron chi connectivity index (χ3n) is 3.97. The highest BCUT2D eigenvalue weighted by Gasteiger charge is 2.34. The average Bonchev–Trinajstić information content (AvgIpc) is 3.26. The van der Waals surface area contributed by atoms with Gasteiger partial charge in [-0.2, -0.15) is 0 Å². The van der Waals surface area contributed by atoms with Crippen molar-refractivity contribution in [2.75, 3.05) is 18.2 Å². The molecule has 0 saturated carbocycles. The summed E-state index contributed by atoms with van der Waals surface area (Å²) >= 11 is 3.12. The predicted octanol–water partition coefficient (Wildman–Crippen LogP) is 2.36. The summed E-state index contributed by atoms with van der Waals surface area (Å²) in [5, 5.41) is 5.77. The van der Waals surface area contributed by atoms with Crippen LogP contribution in [0.5, 0.6) is 5.75 Å². The number of carbonyl (C=O) groups excluding carboxylic acids is 2. The van der Waals surface area contributed by atoms with Crippen LogP contribution in [0.4, 0.5) is 0 Å². The molecule has 2 amide bonds. The SMILES string of the molecule is Cc1cccc(OCC(=O)N2CSC[C@@H]2C(=O)NCc2csc(C)n2)c1. The summed E-state index contributed by atoms with van der Waals surface area (Å²) in [4.78, 5) is 30.9. The number of ether oxygens (including phenoxy) is 1. The minimum absolute atomic E-state index is 0.0704. The first kappa shape index (κ1) is 18.7. The fraction of sp³-hybridized carbons (Fsp3) is 0.389. The summed E-state index contributed by atoms with van der Waals surface area (Å²) in [6.45, 7) is 4.21. The summed E-state index contributed by atoms with van der Waals surface area (Å²) in [5.41, 5.74) is 1.91. The maximum atomic E-state index is 12.5. The van der Waals surface area contributed by atoms with E-state index in [0.717, 1.165) is 16.3 Å². The third kappa shape index (κ3) is 4.76. The molecule has 26 heavy (non-hydrogen) atoms. The lowest BCUT2D eigenvalue weighted by atomic mass is 10.2. The summed E-state index contributed by atoms with van der Waals surface area (Å²) in [6.07, 6.45) is 0. The van der Waals surface area contributed by atoms with E-state index in [4.69, 9.17) is 4.74 Å². The summed E-state index contributed by atoms with van der Waals surface area (Å²) in [6, 6.07) is 7.09. The van der Waals surface area contributed by atoms with E-state index in [0.29, 0.717) is 23.9 Å². The maximum absolute atomic E-state index is 12.5. The Balaban J connectivity index is 1.53. The van der Waals surface area contributed by atoms with E-state index in [1.165, 1.54) is 0 Å². The van der Waals surface area contributed by atoms with Crippen LogP contribution in [-0.2, 0) is 16.1 Å². The van der Waals surface area contributed by atoms with Crippen molar-refractivity contribution in [3.63, 3.8) is 0 Å². The molecule has 3 rings (SSSR count). The van der Waals surface area contributed by atoms with E-state index in [1.54, 1.807) is 28.0 Å². The van der Waals surface area contributed by atoms with Crippen molar-refractivity contribution in [3.05, 3.63) is 45.9 Å².